The van der Waals surface area contributed by atoms with Crippen molar-refractivity contribution in [2.24, 2.45) is 0 Å². The lowest BCUT2D eigenvalue weighted by Gasteiger charge is -2.25. The Morgan fingerprint density at radius 3 is 2.88 bits per heavy atom. The van der Waals surface area contributed by atoms with Crippen molar-refractivity contribution in [1.82, 2.24) is 0 Å². The molecular formula is C19H19FN2O4. The van der Waals surface area contributed by atoms with Gasteiger partial charge in [-0.25, -0.2) is 4.39 Å². The fourth-order valence-electron chi connectivity index (χ4n) is 2.83. The maximum absolute atomic E-state index is 13.6. The fraction of sp³-hybridized carbons (Fsp3) is 0.263. The molecule has 136 valence electrons. The van der Waals surface area contributed by atoms with Crippen LogP contribution in [0.5, 0.6) is 5.75 Å². The monoisotopic (exact) mass is 358 g/mol. The van der Waals surface area contributed by atoms with Crippen molar-refractivity contribution in [3.8, 4) is 5.75 Å². The molecule has 2 aromatic carbocycles. The molecule has 0 radical (unpaired) electrons. The minimum atomic E-state index is -0.657. The van der Waals surface area contributed by atoms with Crippen LogP contribution in [0, 0.1) is 5.82 Å². The Hall–Kier alpha value is -2.93. The van der Waals surface area contributed by atoms with Crippen LogP contribution in [0.3, 0.4) is 0 Å². The van der Waals surface area contributed by atoms with E-state index in [0.717, 1.165) is 5.56 Å². The number of para-hydroxylation sites is 1. The van der Waals surface area contributed by atoms with Crippen LogP contribution in [0.15, 0.2) is 42.5 Å². The van der Waals surface area contributed by atoms with Crippen LogP contribution in [0.1, 0.15) is 17.9 Å². The van der Waals surface area contributed by atoms with Crippen molar-refractivity contribution >= 4 is 23.2 Å². The van der Waals surface area contributed by atoms with E-state index in [4.69, 9.17) is 9.47 Å². The van der Waals surface area contributed by atoms with E-state index in [1.165, 1.54) is 18.2 Å². The number of carbonyl (C=O) groups is 2. The first-order valence-corrected chi connectivity index (χ1v) is 8.19. The van der Waals surface area contributed by atoms with Gasteiger partial charge >= 0.3 is 0 Å². The van der Waals surface area contributed by atoms with Crippen LogP contribution in [0.25, 0.3) is 0 Å². The molecule has 0 aliphatic carbocycles. The molecular weight excluding hydrogens is 339 g/mol. The molecule has 0 bridgehead atoms. The van der Waals surface area contributed by atoms with E-state index >= 15 is 0 Å². The van der Waals surface area contributed by atoms with Gasteiger partial charge in [-0.05, 0) is 23.8 Å². The highest BCUT2D eigenvalue weighted by molar-refractivity contribution is 6.05. The van der Waals surface area contributed by atoms with Crippen LogP contribution in [-0.2, 0) is 14.3 Å². The summed E-state index contributed by atoms with van der Waals surface area (Å²) in [6, 6.07) is 11.0. The Kier molecular flexibility index (Phi) is 5.48. The topological polar surface area (TPSA) is 76.7 Å². The zero-order valence-corrected chi connectivity index (χ0v) is 14.3. The maximum atomic E-state index is 13.6. The number of hydrogen-bond donors (Lipinski definition) is 2. The average Bonchev–Trinajstić information content (AvgIpc) is 2.63. The van der Waals surface area contributed by atoms with Gasteiger partial charge in [-0.1, -0.05) is 18.2 Å². The van der Waals surface area contributed by atoms with Gasteiger partial charge in [-0.2, -0.15) is 0 Å². The smallest absolute Gasteiger partial charge is 0.232 e. The van der Waals surface area contributed by atoms with Crippen LogP contribution >= 0.6 is 0 Å². The van der Waals surface area contributed by atoms with E-state index in [1.807, 2.05) is 0 Å². The summed E-state index contributed by atoms with van der Waals surface area (Å²) in [5.41, 5.74) is 1.55. The first kappa shape index (κ1) is 17.9. The summed E-state index contributed by atoms with van der Waals surface area (Å²) >= 11 is 0. The van der Waals surface area contributed by atoms with Gasteiger partial charge < -0.3 is 20.1 Å². The second kappa shape index (κ2) is 7.97. The van der Waals surface area contributed by atoms with Crippen LogP contribution in [0.4, 0.5) is 15.8 Å². The van der Waals surface area contributed by atoms with Crippen molar-refractivity contribution in [2.75, 3.05) is 31.0 Å². The lowest BCUT2D eigenvalue weighted by Crippen LogP contribution is -2.30. The molecule has 0 saturated carbocycles. The van der Waals surface area contributed by atoms with E-state index in [2.05, 4.69) is 10.6 Å². The molecule has 0 saturated heterocycles. The highest BCUT2D eigenvalue weighted by Crippen LogP contribution is 2.34. The van der Waals surface area contributed by atoms with Crippen molar-refractivity contribution in [3.05, 3.63) is 53.8 Å². The third-order valence-electron chi connectivity index (χ3n) is 4.06. The summed E-state index contributed by atoms with van der Waals surface area (Å²) in [5, 5.41) is 5.43. The molecule has 0 fully saturated rings. The molecule has 0 aromatic heterocycles. The van der Waals surface area contributed by atoms with Crippen LogP contribution in [0.2, 0.25) is 0 Å². The Morgan fingerprint density at radius 1 is 1.27 bits per heavy atom. The zero-order valence-electron chi connectivity index (χ0n) is 14.3. The zero-order chi connectivity index (χ0) is 18.5. The van der Waals surface area contributed by atoms with Gasteiger partial charge in [0.25, 0.3) is 0 Å². The molecule has 1 unspecified atom stereocenters. The lowest BCUT2D eigenvalue weighted by molar-refractivity contribution is -0.123. The van der Waals surface area contributed by atoms with Crippen molar-refractivity contribution in [2.45, 2.75) is 12.3 Å². The minimum Gasteiger partial charge on any atom is -0.489 e. The third-order valence-corrected chi connectivity index (χ3v) is 4.06. The molecule has 0 spiro atoms. The van der Waals surface area contributed by atoms with Gasteiger partial charge in [-0.15, -0.1) is 0 Å². The predicted octanol–water partition coefficient (Wildman–Crippen LogP) is 2.92. The first-order valence-electron chi connectivity index (χ1n) is 8.19. The average molecular weight is 358 g/mol. The Labute approximate surface area is 150 Å². The van der Waals surface area contributed by atoms with Crippen molar-refractivity contribution in [1.29, 1.82) is 0 Å². The van der Waals surface area contributed by atoms with Gasteiger partial charge in [0.15, 0.2) is 0 Å². The van der Waals surface area contributed by atoms with Crippen molar-refractivity contribution in [3.63, 3.8) is 0 Å². The van der Waals surface area contributed by atoms with E-state index in [1.54, 1.807) is 31.4 Å². The van der Waals surface area contributed by atoms with Gasteiger partial charge in [0.2, 0.25) is 11.8 Å². The summed E-state index contributed by atoms with van der Waals surface area (Å²) in [5.74, 6) is -1.45. The molecule has 2 N–H and O–H groups in total. The van der Waals surface area contributed by atoms with Gasteiger partial charge in [0, 0.05) is 25.3 Å². The molecule has 2 aromatic rings. The highest BCUT2D eigenvalue weighted by atomic mass is 19.1. The number of methoxy groups -OCH3 is 1. The first-order chi connectivity index (χ1) is 12.6. The molecule has 1 heterocycles. The number of benzene rings is 2. The van der Waals surface area contributed by atoms with Crippen LogP contribution < -0.4 is 15.4 Å². The SMILES string of the molecule is COCCOc1ccc(F)cc1NC(=O)C1CC(=O)Nc2ccccc21. The van der Waals surface area contributed by atoms with Gasteiger partial charge in [0.1, 0.15) is 18.2 Å². The molecule has 1 atom stereocenters. The van der Waals surface area contributed by atoms with Gasteiger partial charge in [0.05, 0.1) is 18.2 Å². The molecule has 26 heavy (non-hydrogen) atoms. The number of anilines is 2. The third kappa shape index (κ3) is 4.00. The quantitative estimate of drug-likeness (QED) is 0.779. The second-order valence-electron chi connectivity index (χ2n) is 5.86. The molecule has 3 rings (SSSR count). The number of amides is 2. The fourth-order valence-corrected chi connectivity index (χ4v) is 2.83. The number of rotatable bonds is 6. The number of halogens is 1. The summed E-state index contributed by atoms with van der Waals surface area (Å²) < 4.78 is 24.1. The standard InChI is InChI=1S/C19H19FN2O4/c1-25-8-9-26-17-7-6-12(20)10-16(17)22-19(24)14-11-18(23)21-15-5-3-2-4-13(14)15/h2-7,10,14H,8-9,11H2,1H3,(H,21,23)(H,22,24). The minimum absolute atomic E-state index is 0.0258. The number of ether oxygens (including phenoxy) is 2. The molecule has 7 heteroatoms. The summed E-state index contributed by atoms with van der Waals surface area (Å²) in [6.45, 7) is 0.626. The Bertz CT molecular complexity index is 825. The van der Waals surface area contributed by atoms with Gasteiger partial charge in [-0.3, -0.25) is 9.59 Å². The Morgan fingerprint density at radius 2 is 2.08 bits per heavy atom. The largest absolute Gasteiger partial charge is 0.489 e. The molecule has 6 nitrogen and oxygen atoms in total. The molecule has 1 aliphatic rings. The highest BCUT2D eigenvalue weighted by Gasteiger charge is 2.30. The number of hydrogen-bond acceptors (Lipinski definition) is 4. The van der Waals surface area contributed by atoms with E-state index in [0.29, 0.717) is 18.0 Å². The lowest BCUT2D eigenvalue weighted by atomic mass is 9.90. The number of nitrogens with one attached hydrogen (secondary N) is 2. The molecule has 1 aliphatic heterocycles. The second-order valence-corrected chi connectivity index (χ2v) is 5.86. The normalized spacial score (nSPS) is 15.8. The molecule has 2 amide bonds. The van der Waals surface area contributed by atoms with E-state index in [9.17, 15) is 14.0 Å². The number of fused-ring (bicyclic) bond motifs is 1. The summed E-state index contributed by atoms with van der Waals surface area (Å²) in [4.78, 5) is 24.7. The van der Waals surface area contributed by atoms with Crippen LogP contribution in [-0.4, -0.2) is 32.1 Å². The Balaban J connectivity index is 1.82. The summed E-state index contributed by atoms with van der Waals surface area (Å²) in [7, 11) is 1.54. The number of carbonyl (C=O) groups excluding carboxylic acids is 2. The maximum Gasteiger partial charge on any atom is 0.232 e. The van der Waals surface area contributed by atoms with E-state index < -0.39 is 17.6 Å². The summed E-state index contributed by atoms with van der Waals surface area (Å²) in [6.07, 6.45) is 0.0258. The van der Waals surface area contributed by atoms with Crippen molar-refractivity contribution < 1.29 is 23.5 Å². The van der Waals surface area contributed by atoms with E-state index in [-0.39, 0.29) is 24.6 Å². The predicted molar refractivity (Wildman–Crippen MR) is 94.8 cm³/mol.